The molecule has 1 saturated carbocycles. The molecule has 4 heteroatoms. The molecule has 0 aliphatic heterocycles. The third kappa shape index (κ3) is 3.49. The molecular weight excluding hydrogens is 302 g/mol. The highest BCUT2D eigenvalue weighted by Gasteiger charge is 2.54. The fraction of sp³-hybridized carbons (Fsp3) is 0.250. The van der Waals surface area contributed by atoms with E-state index in [1.165, 1.54) is 0 Å². The maximum absolute atomic E-state index is 12.5. The Bertz CT molecular complexity index is 718. The zero-order valence-electron chi connectivity index (χ0n) is 13.6. The van der Waals surface area contributed by atoms with Crippen LogP contribution in [0.2, 0.25) is 0 Å². The van der Waals surface area contributed by atoms with Crippen LogP contribution in [0.15, 0.2) is 60.7 Å². The summed E-state index contributed by atoms with van der Waals surface area (Å²) in [6.07, 6.45) is 4.11. The van der Waals surface area contributed by atoms with Gasteiger partial charge in [0.15, 0.2) is 0 Å². The van der Waals surface area contributed by atoms with Crippen molar-refractivity contribution in [2.45, 2.75) is 18.9 Å². The predicted octanol–water partition coefficient (Wildman–Crippen LogP) is 3.49. The van der Waals surface area contributed by atoms with E-state index >= 15 is 0 Å². The maximum Gasteiger partial charge on any atom is 0.233 e. The largest absolute Gasteiger partial charge is 0.497 e. The minimum absolute atomic E-state index is 0.124. The smallest absolute Gasteiger partial charge is 0.233 e. The number of hydrogen-bond donors (Lipinski definition) is 2. The van der Waals surface area contributed by atoms with Crippen molar-refractivity contribution < 1.29 is 14.6 Å². The van der Waals surface area contributed by atoms with Crippen LogP contribution in [0.4, 0.5) is 5.69 Å². The molecule has 1 fully saturated rings. The molecule has 124 valence electrons. The third-order valence-corrected chi connectivity index (χ3v) is 4.43. The third-order valence-electron chi connectivity index (χ3n) is 4.43. The summed E-state index contributed by atoms with van der Waals surface area (Å²) in [5.41, 5.74) is 0.993. The lowest BCUT2D eigenvalue weighted by Gasteiger charge is -2.19. The lowest BCUT2D eigenvalue weighted by atomic mass is 9.96. The van der Waals surface area contributed by atoms with Crippen molar-refractivity contribution >= 4 is 17.7 Å². The second kappa shape index (κ2) is 6.89. The van der Waals surface area contributed by atoms with Crippen molar-refractivity contribution in [2.75, 3.05) is 12.4 Å². The molecule has 1 aliphatic carbocycles. The van der Waals surface area contributed by atoms with Crippen LogP contribution in [-0.4, -0.2) is 24.2 Å². The number of methoxy groups -OCH3 is 1. The van der Waals surface area contributed by atoms with E-state index in [9.17, 15) is 9.90 Å². The number of nitrogens with one attached hydrogen (secondary N) is 1. The normalized spacial score (nSPS) is 16.6. The van der Waals surface area contributed by atoms with Crippen LogP contribution in [0.25, 0.3) is 6.08 Å². The quantitative estimate of drug-likeness (QED) is 0.855. The molecule has 0 saturated heterocycles. The highest BCUT2D eigenvalue weighted by atomic mass is 16.5. The molecule has 4 nitrogen and oxygen atoms in total. The molecular formula is C20H21NO3. The van der Waals surface area contributed by atoms with Gasteiger partial charge in [0.1, 0.15) is 5.75 Å². The Balaban J connectivity index is 1.65. The van der Waals surface area contributed by atoms with Crippen LogP contribution in [0.3, 0.4) is 0 Å². The van der Waals surface area contributed by atoms with Gasteiger partial charge in [-0.15, -0.1) is 0 Å². The van der Waals surface area contributed by atoms with Gasteiger partial charge in [-0.05, 0) is 42.7 Å². The van der Waals surface area contributed by atoms with Crippen LogP contribution in [0, 0.1) is 5.41 Å². The number of hydrogen-bond acceptors (Lipinski definition) is 3. The summed E-state index contributed by atoms with van der Waals surface area (Å²) in [5.74, 6) is 0.661. The van der Waals surface area contributed by atoms with Crippen molar-refractivity contribution in [3.63, 3.8) is 0 Å². The molecule has 2 aromatic carbocycles. The number of carbonyl (C=O) groups is 1. The van der Waals surface area contributed by atoms with E-state index < -0.39 is 11.5 Å². The second-order valence-corrected chi connectivity index (χ2v) is 6.05. The average Bonchev–Trinajstić information content (AvgIpc) is 3.43. The van der Waals surface area contributed by atoms with E-state index in [4.69, 9.17) is 4.74 Å². The first kappa shape index (κ1) is 16.3. The molecule has 0 spiro atoms. The number of aliphatic hydroxyl groups excluding tert-OH is 1. The van der Waals surface area contributed by atoms with Gasteiger partial charge in [0.05, 0.1) is 18.6 Å². The zero-order valence-corrected chi connectivity index (χ0v) is 13.6. The van der Waals surface area contributed by atoms with E-state index in [2.05, 4.69) is 5.32 Å². The van der Waals surface area contributed by atoms with Crippen molar-refractivity contribution in [1.29, 1.82) is 0 Å². The number of anilines is 1. The average molecular weight is 323 g/mol. The highest BCUT2D eigenvalue weighted by molar-refractivity contribution is 5.97. The summed E-state index contributed by atoms with van der Waals surface area (Å²) < 4.78 is 5.12. The Kier molecular flexibility index (Phi) is 4.67. The molecule has 0 bridgehead atoms. The first-order valence-electron chi connectivity index (χ1n) is 8.01. The van der Waals surface area contributed by atoms with Crippen LogP contribution < -0.4 is 10.1 Å². The summed E-state index contributed by atoms with van der Waals surface area (Å²) in [6.45, 7) is 0. The van der Waals surface area contributed by atoms with Crippen molar-refractivity contribution in [2.24, 2.45) is 5.41 Å². The predicted molar refractivity (Wildman–Crippen MR) is 94.8 cm³/mol. The molecule has 24 heavy (non-hydrogen) atoms. The van der Waals surface area contributed by atoms with Crippen molar-refractivity contribution in [3.8, 4) is 5.75 Å². The first-order chi connectivity index (χ1) is 11.6. The fourth-order valence-electron chi connectivity index (χ4n) is 2.67. The van der Waals surface area contributed by atoms with E-state index in [0.717, 1.165) is 17.0 Å². The molecule has 0 heterocycles. The summed E-state index contributed by atoms with van der Waals surface area (Å²) >= 11 is 0. The number of rotatable bonds is 6. The van der Waals surface area contributed by atoms with Crippen LogP contribution in [0.1, 0.15) is 18.4 Å². The zero-order chi connectivity index (χ0) is 17.0. The number of amides is 1. The number of para-hydroxylation sites is 1. The Morgan fingerprint density at radius 1 is 1.17 bits per heavy atom. The second-order valence-electron chi connectivity index (χ2n) is 6.05. The van der Waals surface area contributed by atoms with Gasteiger partial charge in [0.25, 0.3) is 0 Å². The highest BCUT2D eigenvalue weighted by Crippen LogP contribution is 2.50. The van der Waals surface area contributed by atoms with Gasteiger partial charge >= 0.3 is 0 Å². The maximum atomic E-state index is 12.5. The molecule has 0 aromatic heterocycles. The minimum atomic E-state index is -0.802. The van der Waals surface area contributed by atoms with Crippen molar-refractivity contribution in [3.05, 3.63) is 66.2 Å². The topological polar surface area (TPSA) is 58.6 Å². The SMILES string of the molecule is COc1ccc(/C=C/C(O)C2(C(=O)Nc3ccccc3)CC2)cc1. The van der Waals surface area contributed by atoms with Crippen molar-refractivity contribution in [1.82, 2.24) is 0 Å². The van der Waals surface area contributed by atoms with E-state index in [-0.39, 0.29) is 5.91 Å². The Morgan fingerprint density at radius 2 is 1.83 bits per heavy atom. The van der Waals surface area contributed by atoms with Crippen LogP contribution in [0.5, 0.6) is 5.75 Å². The van der Waals surface area contributed by atoms with Gasteiger partial charge in [0.2, 0.25) is 5.91 Å². The fourth-order valence-corrected chi connectivity index (χ4v) is 2.67. The van der Waals surface area contributed by atoms with Gasteiger partial charge in [-0.25, -0.2) is 0 Å². The van der Waals surface area contributed by atoms with Crippen LogP contribution >= 0.6 is 0 Å². The Hall–Kier alpha value is -2.59. The lowest BCUT2D eigenvalue weighted by molar-refractivity contribution is -0.124. The lowest BCUT2D eigenvalue weighted by Crippen LogP contribution is -2.33. The number of benzene rings is 2. The van der Waals surface area contributed by atoms with Gasteiger partial charge in [-0.2, -0.15) is 0 Å². The van der Waals surface area contributed by atoms with Crippen LogP contribution in [-0.2, 0) is 4.79 Å². The van der Waals surface area contributed by atoms with Gasteiger partial charge in [-0.3, -0.25) is 4.79 Å². The standard InChI is InChI=1S/C20H21NO3/c1-24-17-10-7-15(8-11-17)9-12-18(22)20(13-14-20)19(23)21-16-5-3-2-4-6-16/h2-12,18,22H,13-14H2,1H3,(H,21,23)/b12-9+. The monoisotopic (exact) mass is 323 g/mol. The molecule has 3 rings (SSSR count). The molecule has 1 amide bonds. The van der Waals surface area contributed by atoms with E-state index in [0.29, 0.717) is 12.8 Å². The van der Waals surface area contributed by atoms with E-state index in [1.54, 1.807) is 13.2 Å². The summed E-state index contributed by atoms with van der Waals surface area (Å²) in [5, 5.41) is 13.4. The number of ether oxygens (including phenoxy) is 1. The Labute approximate surface area is 141 Å². The van der Waals surface area contributed by atoms with Gasteiger partial charge in [0, 0.05) is 5.69 Å². The van der Waals surface area contributed by atoms with E-state index in [1.807, 2.05) is 60.7 Å². The first-order valence-corrected chi connectivity index (χ1v) is 8.01. The molecule has 1 atom stereocenters. The molecule has 1 unspecified atom stereocenters. The van der Waals surface area contributed by atoms with Gasteiger partial charge in [-0.1, -0.05) is 42.5 Å². The molecule has 2 aromatic rings. The Morgan fingerprint density at radius 3 is 2.42 bits per heavy atom. The summed E-state index contributed by atoms with van der Waals surface area (Å²) in [6, 6.07) is 16.9. The van der Waals surface area contributed by atoms with Gasteiger partial charge < -0.3 is 15.2 Å². The number of carbonyl (C=O) groups excluding carboxylic acids is 1. The molecule has 1 aliphatic rings. The molecule has 0 radical (unpaired) electrons. The minimum Gasteiger partial charge on any atom is -0.497 e. The number of aliphatic hydroxyl groups is 1. The summed E-state index contributed by atoms with van der Waals surface area (Å²) in [4.78, 5) is 12.5. The molecule has 2 N–H and O–H groups in total. The summed E-state index contributed by atoms with van der Waals surface area (Å²) in [7, 11) is 1.62.